The van der Waals surface area contributed by atoms with Crippen molar-refractivity contribution in [3.05, 3.63) is 28.5 Å². The number of methoxy groups -OCH3 is 1. The predicted octanol–water partition coefficient (Wildman–Crippen LogP) is 2.29. The minimum atomic E-state index is -3.84. The van der Waals surface area contributed by atoms with Crippen LogP contribution in [0, 0.1) is 5.82 Å². The zero-order valence-corrected chi connectivity index (χ0v) is 12.5. The molecule has 0 saturated heterocycles. The summed E-state index contributed by atoms with van der Waals surface area (Å²) in [5.74, 6) is -0.782. The van der Waals surface area contributed by atoms with Gasteiger partial charge in [0.1, 0.15) is 10.7 Å². The Bertz CT molecular complexity index is 507. The Morgan fingerprint density at radius 2 is 2.17 bits per heavy atom. The van der Waals surface area contributed by atoms with Crippen LogP contribution in [0.4, 0.5) is 4.39 Å². The van der Waals surface area contributed by atoms with Gasteiger partial charge in [0.15, 0.2) is 0 Å². The van der Waals surface area contributed by atoms with Crippen LogP contribution in [-0.2, 0) is 14.8 Å². The second kappa shape index (κ2) is 6.60. The summed E-state index contributed by atoms with van der Waals surface area (Å²) in [5, 5.41) is 0. The van der Waals surface area contributed by atoms with Crippen LogP contribution in [0.1, 0.15) is 13.3 Å². The molecule has 0 spiro atoms. The Morgan fingerprint density at radius 1 is 1.50 bits per heavy atom. The SMILES string of the molecule is COCCC(C)NS(=O)(=O)c1ccc(Br)cc1F. The van der Waals surface area contributed by atoms with Crippen molar-refractivity contribution < 1.29 is 17.5 Å². The molecule has 0 saturated carbocycles. The third kappa shape index (κ3) is 4.31. The van der Waals surface area contributed by atoms with E-state index in [-0.39, 0.29) is 10.9 Å². The Hall–Kier alpha value is -0.500. The van der Waals surface area contributed by atoms with Crippen molar-refractivity contribution in [2.24, 2.45) is 0 Å². The van der Waals surface area contributed by atoms with Crippen LogP contribution in [0.25, 0.3) is 0 Å². The molecular formula is C11H15BrFNO3S. The highest BCUT2D eigenvalue weighted by molar-refractivity contribution is 9.10. The maximum absolute atomic E-state index is 13.6. The van der Waals surface area contributed by atoms with E-state index in [0.717, 1.165) is 6.07 Å². The van der Waals surface area contributed by atoms with Crippen LogP contribution in [-0.4, -0.2) is 28.2 Å². The zero-order chi connectivity index (χ0) is 13.8. The molecule has 0 bridgehead atoms. The number of nitrogens with one attached hydrogen (secondary N) is 1. The van der Waals surface area contributed by atoms with Crippen molar-refractivity contribution in [2.45, 2.75) is 24.3 Å². The van der Waals surface area contributed by atoms with Gasteiger partial charge in [-0.2, -0.15) is 0 Å². The highest BCUT2D eigenvalue weighted by atomic mass is 79.9. The molecule has 0 aliphatic heterocycles. The lowest BCUT2D eigenvalue weighted by molar-refractivity contribution is 0.188. The smallest absolute Gasteiger partial charge is 0.243 e. The molecule has 18 heavy (non-hydrogen) atoms. The van der Waals surface area contributed by atoms with E-state index in [2.05, 4.69) is 20.7 Å². The summed E-state index contributed by atoms with van der Waals surface area (Å²) in [6.07, 6.45) is 0.522. The molecule has 0 heterocycles. The number of halogens is 2. The molecule has 1 N–H and O–H groups in total. The summed E-state index contributed by atoms with van der Waals surface area (Å²) in [6, 6.07) is 3.51. The van der Waals surface area contributed by atoms with E-state index >= 15 is 0 Å². The summed E-state index contributed by atoms with van der Waals surface area (Å²) in [5.41, 5.74) is 0. The standard InChI is InChI=1S/C11H15BrFNO3S/c1-8(5-6-17-2)14-18(15,16)11-4-3-9(12)7-10(11)13/h3-4,7-8,14H,5-6H2,1-2H3. The molecule has 1 unspecified atom stereocenters. The second-order valence-electron chi connectivity index (χ2n) is 3.88. The van der Waals surface area contributed by atoms with Gasteiger partial charge in [-0.15, -0.1) is 0 Å². The number of rotatable bonds is 6. The summed E-state index contributed by atoms with van der Waals surface area (Å²) in [6.45, 7) is 2.14. The average molecular weight is 340 g/mol. The molecule has 0 fully saturated rings. The Balaban J connectivity index is 2.86. The van der Waals surface area contributed by atoms with Gasteiger partial charge >= 0.3 is 0 Å². The van der Waals surface area contributed by atoms with Crippen LogP contribution in [0.15, 0.2) is 27.6 Å². The van der Waals surface area contributed by atoms with Gasteiger partial charge in [0.25, 0.3) is 0 Å². The summed E-state index contributed by atoms with van der Waals surface area (Å²) >= 11 is 3.08. The topological polar surface area (TPSA) is 55.4 Å². The van der Waals surface area contributed by atoms with Crippen LogP contribution in [0.5, 0.6) is 0 Å². The van der Waals surface area contributed by atoms with Gasteiger partial charge in [0.2, 0.25) is 10.0 Å². The molecule has 0 aliphatic rings. The number of sulfonamides is 1. The highest BCUT2D eigenvalue weighted by Gasteiger charge is 2.21. The molecule has 0 amide bonds. The molecule has 0 radical (unpaired) electrons. The Kier molecular flexibility index (Phi) is 5.71. The van der Waals surface area contributed by atoms with Gasteiger partial charge in [0, 0.05) is 24.2 Å². The molecule has 1 aromatic carbocycles. The first-order valence-electron chi connectivity index (χ1n) is 5.33. The largest absolute Gasteiger partial charge is 0.385 e. The van der Waals surface area contributed by atoms with Crippen LogP contribution >= 0.6 is 15.9 Å². The minimum Gasteiger partial charge on any atom is -0.385 e. The fourth-order valence-corrected chi connectivity index (χ4v) is 3.05. The van der Waals surface area contributed by atoms with E-state index in [1.807, 2.05) is 0 Å². The molecule has 4 nitrogen and oxygen atoms in total. The number of hydrogen-bond donors (Lipinski definition) is 1. The van der Waals surface area contributed by atoms with Crippen molar-refractivity contribution in [1.29, 1.82) is 0 Å². The minimum absolute atomic E-state index is 0.321. The third-order valence-corrected chi connectivity index (χ3v) is 4.41. The first-order chi connectivity index (χ1) is 8.36. The van der Waals surface area contributed by atoms with E-state index in [0.29, 0.717) is 17.5 Å². The molecular weight excluding hydrogens is 325 g/mol. The highest BCUT2D eigenvalue weighted by Crippen LogP contribution is 2.19. The predicted molar refractivity (Wildman–Crippen MR) is 70.4 cm³/mol. The molecule has 0 aromatic heterocycles. The van der Waals surface area contributed by atoms with Crippen molar-refractivity contribution in [2.75, 3.05) is 13.7 Å². The molecule has 1 aromatic rings. The maximum Gasteiger partial charge on any atom is 0.243 e. The number of ether oxygens (including phenoxy) is 1. The van der Waals surface area contributed by atoms with Crippen LogP contribution in [0.2, 0.25) is 0 Å². The van der Waals surface area contributed by atoms with E-state index in [1.54, 1.807) is 6.92 Å². The lowest BCUT2D eigenvalue weighted by Crippen LogP contribution is -2.33. The van der Waals surface area contributed by atoms with Gasteiger partial charge in [-0.3, -0.25) is 0 Å². The summed E-state index contributed by atoms with van der Waals surface area (Å²) < 4.78 is 45.2. The number of hydrogen-bond acceptors (Lipinski definition) is 3. The van der Waals surface area contributed by atoms with Gasteiger partial charge < -0.3 is 4.74 Å². The second-order valence-corrected chi connectivity index (χ2v) is 6.48. The van der Waals surface area contributed by atoms with Crippen molar-refractivity contribution >= 4 is 26.0 Å². The van der Waals surface area contributed by atoms with E-state index in [4.69, 9.17) is 4.74 Å². The van der Waals surface area contributed by atoms with Gasteiger partial charge in [-0.05, 0) is 31.5 Å². The van der Waals surface area contributed by atoms with Crippen molar-refractivity contribution in [1.82, 2.24) is 4.72 Å². The van der Waals surface area contributed by atoms with Gasteiger partial charge in [0.05, 0.1) is 0 Å². The molecule has 0 aliphatic carbocycles. The molecule has 1 atom stereocenters. The molecule has 7 heteroatoms. The number of benzene rings is 1. The fraction of sp³-hybridized carbons (Fsp3) is 0.455. The Morgan fingerprint density at radius 3 is 2.72 bits per heavy atom. The third-order valence-electron chi connectivity index (χ3n) is 2.29. The average Bonchev–Trinajstić information content (AvgIpc) is 2.25. The normalized spacial score (nSPS) is 13.6. The monoisotopic (exact) mass is 339 g/mol. The fourth-order valence-electron chi connectivity index (χ4n) is 1.38. The van der Waals surface area contributed by atoms with Crippen molar-refractivity contribution in [3.63, 3.8) is 0 Å². The van der Waals surface area contributed by atoms with Crippen LogP contribution in [0.3, 0.4) is 0 Å². The lowest BCUT2D eigenvalue weighted by Gasteiger charge is -2.14. The first-order valence-corrected chi connectivity index (χ1v) is 7.60. The quantitative estimate of drug-likeness (QED) is 0.865. The van der Waals surface area contributed by atoms with E-state index in [9.17, 15) is 12.8 Å². The van der Waals surface area contributed by atoms with Crippen molar-refractivity contribution in [3.8, 4) is 0 Å². The molecule has 102 valence electrons. The lowest BCUT2D eigenvalue weighted by atomic mass is 10.3. The van der Waals surface area contributed by atoms with Crippen LogP contribution < -0.4 is 4.72 Å². The van der Waals surface area contributed by atoms with E-state index in [1.165, 1.54) is 19.2 Å². The van der Waals surface area contributed by atoms with Gasteiger partial charge in [-0.1, -0.05) is 15.9 Å². The Labute approximate surface area is 115 Å². The molecule has 1 rings (SSSR count). The summed E-state index contributed by atoms with van der Waals surface area (Å²) in [4.78, 5) is -0.352. The maximum atomic E-state index is 13.6. The summed E-state index contributed by atoms with van der Waals surface area (Å²) in [7, 11) is -2.30. The first kappa shape index (κ1) is 15.6. The zero-order valence-electron chi connectivity index (χ0n) is 10.1. The van der Waals surface area contributed by atoms with Gasteiger partial charge in [-0.25, -0.2) is 17.5 Å². The van der Waals surface area contributed by atoms with E-state index < -0.39 is 15.8 Å².